The molecule has 0 saturated heterocycles. The van der Waals surface area contributed by atoms with E-state index in [4.69, 9.17) is 9.16 Å². The van der Waals surface area contributed by atoms with E-state index in [0.717, 1.165) is 23.4 Å². The third-order valence-electron chi connectivity index (χ3n) is 7.09. The smallest absolute Gasteiger partial charge is 0.416 e. The van der Waals surface area contributed by atoms with Crippen molar-refractivity contribution >= 4 is 37.8 Å². The number of hydrogen-bond donors (Lipinski definition) is 1. The molecule has 1 N–H and O–H groups in total. The average Bonchev–Trinajstić information content (AvgIpc) is 3.05. The number of benzene rings is 2. The van der Waals surface area contributed by atoms with Gasteiger partial charge in [-0.05, 0) is 73.2 Å². The van der Waals surface area contributed by atoms with E-state index in [0.29, 0.717) is 49.1 Å². The molecule has 0 saturated carbocycles. The zero-order valence-electron chi connectivity index (χ0n) is 23.6. The lowest BCUT2D eigenvalue weighted by molar-refractivity contribution is -0.137. The quantitative estimate of drug-likeness (QED) is 0.303. The molecular formula is C30H36F3N2O4Si. The summed E-state index contributed by atoms with van der Waals surface area (Å²) in [4.78, 5) is 28.0. The van der Waals surface area contributed by atoms with Crippen molar-refractivity contribution in [2.75, 3.05) is 23.4 Å². The van der Waals surface area contributed by atoms with Crippen molar-refractivity contribution in [2.24, 2.45) is 5.41 Å². The van der Waals surface area contributed by atoms with Crippen LogP contribution in [-0.4, -0.2) is 40.1 Å². The molecular weight excluding hydrogens is 537 g/mol. The van der Waals surface area contributed by atoms with E-state index in [-0.39, 0.29) is 35.7 Å². The first kappa shape index (κ1) is 29.9. The number of amides is 2. The van der Waals surface area contributed by atoms with Crippen LogP contribution in [0.5, 0.6) is 5.75 Å². The summed E-state index contributed by atoms with van der Waals surface area (Å²) in [6.45, 7) is 11.1. The molecule has 6 nitrogen and oxygen atoms in total. The zero-order valence-corrected chi connectivity index (χ0v) is 24.6. The molecule has 2 aromatic rings. The summed E-state index contributed by atoms with van der Waals surface area (Å²) in [5.41, 5.74) is 2.38. The van der Waals surface area contributed by atoms with Crippen molar-refractivity contribution in [3.63, 3.8) is 0 Å². The summed E-state index contributed by atoms with van der Waals surface area (Å²) < 4.78 is 51.5. The van der Waals surface area contributed by atoms with Gasteiger partial charge in [0.05, 0.1) is 24.8 Å². The number of allylic oxidation sites excluding steroid dienone is 1. The molecule has 4 rings (SSSR count). The van der Waals surface area contributed by atoms with E-state index in [9.17, 15) is 22.8 Å². The molecule has 215 valence electrons. The van der Waals surface area contributed by atoms with Crippen LogP contribution in [0.2, 0.25) is 13.1 Å². The maximum Gasteiger partial charge on any atom is 0.416 e. The maximum atomic E-state index is 13.2. The van der Waals surface area contributed by atoms with Gasteiger partial charge >= 0.3 is 6.18 Å². The van der Waals surface area contributed by atoms with Crippen molar-refractivity contribution in [1.82, 2.24) is 0 Å². The molecule has 40 heavy (non-hydrogen) atoms. The first-order chi connectivity index (χ1) is 18.7. The van der Waals surface area contributed by atoms with Crippen LogP contribution in [0.1, 0.15) is 56.7 Å². The predicted octanol–water partition coefficient (Wildman–Crippen LogP) is 6.86. The fourth-order valence-corrected chi connectivity index (χ4v) is 5.98. The molecule has 0 aromatic heterocycles. The molecule has 0 fully saturated rings. The highest BCUT2D eigenvalue weighted by Gasteiger charge is 2.34. The highest BCUT2D eigenvalue weighted by atomic mass is 28.3. The Labute approximate surface area is 235 Å². The molecule has 1 unspecified atom stereocenters. The lowest BCUT2D eigenvalue weighted by Gasteiger charge is -2.39. The normalized spacial score (nSPS) is 17.7. The summed E-state index contributed by atoms with van der Waals surface area (Å²) >= 11 is 0. The van der Waals surface area contributed by atoms with Crippen LogP contribution in [0.25, 0.3) is 5.57 Å². The van der Waals surface area contributed by atoms with Gasteiger partial charge in [-0.25, -0.2) is 0 Å². The number of carbonyl (C=O) groups excluding carboxylic acids is 2. The summed E-state index contributed by atoms with van der Waals surface area (Å²) in [6, 6.07) is 8.86. The Hall–Kier alpha value is -3.11. The third-order valence-corrected chi connectivity index (χ3v) is 7.85. The number of nitrogens with zero attached hydrogens (tertiary/aromatic N) is 1. The van der Waals surface area contributed by atoms with Gasteiger partial charge in [-0.15, -0.1) is 0 Å². The van der Waals surface area contributed by atoms with E-state index in [2.05, 4.69) is 39.2 Å². The minimum atomic E-state index is -4.48. The summed E-state index contributed by atoms with van der Waals surface area (Å²) in [5, 5.41) is 2.96. The van der Waals surface area contributed by atoms with Crippen LogP contribution in [-0.2, 0) is 26.6 Å². The molecule has 2 aliphatic heterocycles. The third kappa shape index (κ3) is 6.96. The average molecular weight is 574 g/mol. The van der Waals surface area contributed by atoms with E-state index in [1.165, 1.54) is 12.1 Å². The fraction of sp³-hybridized carbons (Fsp3) is 0.467. The number of anilines is 2. The minimum absolute atomic E-state index is 0.0187. The molecule has 0 spiro atoms. The van der Waals surface area contributed by atoms with Crippen molar-refractivity contribution in [3.8, 4) is 5.75 Å². The van der Waals surface area contributed by atoms with Gasteiger partial charge in [-0.3, -0.25) is 9.59 Å². The summed E-state index contributed by atoms with van der Waals surface area (Å²) in [5.74, 6) is -0.248. The van der Waals surface area contributed by atoms with E-state index < -0.39 is 20.8 Å². The van der Waals surface area contributed by atoms with Crippen molar-refractivity contribution in [3.05, 3.63) is 59.2 Å². The van der Waals surface area contributed by atoms with Crippen molar-refractivity contribution in [1.29, 1.82) is 0 Å². The monoisotopic (exact) mass is 573 g/mol. The number of rotatable bonds is 6. The number of hydrogen-bond acceptors (Lipinski definition) is 4. The van der Waals surface area contributed by atoms with Crippen LogP contribution in [0.3, 0.4) is 0 Å². The maximum absolute atomic E-state index is 13.2. The second-order valence-electron chi connectivity index (χ2n) is 11.5. The van der Waals surface area contributed by atoms with Crippen LogP contribution in [0.15, 0.2) is 42.5 Å². The molecule has 10 heteroatoms. The van der Waals surface area contributed by atoms with Crippen molar-refractivity contribution < 1.29 is 31.9 Å². The van der Waals surface area contributed by atoms with Crippen LogP contribution >= 0.6 is 0 Å². The highest BCUT2D eigenvalue weighted by Crippen LogP contribution is 2.39. The number of fused-ring (bicyclic) bond motifs is 2. The molecule has 2 amide bonds. The topological polar surface area (TPSA) is 67.9 Å². The van der Waals surface area contributed by atoms with Gasteiger partial charge in [0.1, 0.15) is 5.75 Å². The molecule has 0 bridgehead atoms. The lowest BCUT2D eigenvalue weighted by atomic mass is 9.88. The van der Waals surface area contributed by atoms with Crippen LogP contribution < -0.4 is 15.0 Å². The molecule has 1 atom stereocenters. The molecule has 1 radical (unpaired) electrons. The number of alkyl halides is 3. The SMILES string of the molecule is C[Si](C)OC(CN1C(=O)CCc2c(NC(=O)/C=C3\CCCOc4cc(C(F)(F)F)ccc43)cccc21)C(C)(C)C. The zero-order chi connectivity index (χ0) is 29.2. The molecule has 2 aliphatic rings. The molecule has 2 aromatic carbocycles. The van der Waals surface area contributed by atoms with Gasteiger partial charge in [-0.1, -0.05) is 32.9 Å². The Bertz CT molecular complexity index is 1300. The summed E-state index contributed by atoms with van der Waals surface area (Å²) in [7, 11) is -0.996. The Morgan fingerprint density at radius 2 is 1.90 bits per heavy atom. The first-order valence-electron chi connectivity index (χ1n) is 13.5. The predicted molar refractivity (Wildman–Crippen MR) is 152 cm³/mol. The van der Waals surface area contributed by atoms with E-state index in [1.807, 2.05) is 12.1 Å². The van der Waals surface area contributed by atoms with Crippen LogP contribution in [0, 0.1) is 5.41 Å². The van der Waals surface area contributed by atoms with Gasteiger partial charge in [0.2, 0.25) is 20.9 Å². The van der Waals surface area contributed by atoms with E-state index in [1.54, 1.807) is 11.0 Å². The lowest BCUT2D eigenvalue weighted by Crippen LogP contribution is -2.47. The first-order valence-corrected chi connectivity index (χ1v) is 15.9. The second-order valence-corrected chi connectivity index (χ2v) is 13.6. The van der Waals surface area contributed by atoms with Crippen LogP contribution in [0.4, 0.5) is 24.5 Å². The fourth-order valence-electron chi connectivity index (χ4n) is 4.99. The Kier molecular flexibility index (Phi) is 8.79. The molecule has 2 heterocycles. The van der Waals surface area contributed by atoms with Gasteiger partial charge in [0, 0.05) is 29.4 Å². The minimum Gasteiger partial charge on any atom is -0.493 e. The van der Waals surface area contributed by atoms with Gasteiger partial charge in [0.15, 0.2) is 0 Å². The Morgan fingerprint density at radius 3 is 2.58 bits per heavy atom. The second kappa shape index (κ2) is 11.8. The number of nitrogens with one attached hydrogen (secondary N) is 1. The summed E-state index contributed by atoms with van der Waals surface area (Å²) in [6.07, 6.45) is -1.32. The Morgan fingerprint density at radius 1 is 1.15 bits per heavy atom. The Balaban J connectivity index is 1.60. The number of carbonyl (C=O) groups is 2. The highest BCUT2D eigenvalue weighted by molar-refractivity contribution is 6.48. The van der Waals surface area contributed by atoms with E-state index >= 15 is 0 Å². The largest absolute Gasteiger partial charge is 0.493 e. The van der Waals surface area contributed by atoms with Crippen molar-refractivity contribution in [2.45, 2.75) is 71.8 Å². The number of ether oxygens (including phenoxy) is 1. The number of halogens is 3. The van der Waals surface area contributed by atoms with Gasteiger partial charge < -0.3 is 19.4 Å². The standard InChI is InChI=1S/C30H36F3N2O4Si/c1-29(2,3)26(39-40(4)5)18-35-24-10-6-9-23(22(24)13-14-28(35)37)34-27(36)16-19-8-7-15-38-25-17-20(30(31,32)33)11-12-21(19)25/h6,9-12,16-17,26H,7-8,13-15,18H2,1-5H3,(H,34,36)/b19-16+. The van der Waals surface area contributed by atoms with Gasteiger partial charge in [0.25, 0.3) is 0 Å². The van der Waals surface area contributed by atoms with Gasteiger partial charge in [-0.2, -0.15) is 13.2 Å². The molecule has 0 aliphatic carbocycles.